The van der Waals surface area contributed by atoms with Crippen LogP contribution in [0.25, 0.3) is 0 Å². The maximum absolute atomic E-state index is 12.5. The van der Waals surface area contributed by atoms with Gasteiger partial charge in [-0.25, -0.2) is 0 Å². The first-order valence-electron chi connectivity index (χ1n) is 7.28. The van der Waals surface area contributed by atoms with Crippen molar-refractivity contribution in [1.29, 1.82) is 0 Å². The Hall–Kier alpha value is -1.10. The smallest absolute Gasteiger partial charge is 0.190 e. The molecule has 3 aliphatic carbocycles. The summed E-state index contributed by atoms with van der Waals surface area (Å²) in [6, 6.07) is 8.12. The Morgan fingerprint density at radius 3 is 2.86 bits per heavy atom. The minimum absolute atomic E-state index is 0.0334. The van der Waals surface area contributed by atoms with E-state index in [4.69, 9.17) is 0 Å². The minimum Gasteiger partial charge on any atom is -0.385 e. The van der Waals surface area contributed by atoms with Gasteiger partial charge in [-0.3, -0.25) is 4.79 Å². The highest BCUT2D eigenvalue weighted by Crippen LogP contribution is 2.63. The lowest BCUT2D eigenvalue weighted by Gasteiger charge is -2.43. The lowest BCUT2D eigenvalue weighted by atomic mass is 9.71. The van der Waals surface area contributed by atoms with Gasteiger partial charge in [-0.1, -0.05) is 30.3 Å². The molecule has 1 saturated carbocycles. The highest BCUT2D eigenvalue weighted by atomic mass is 32.2. The number of hydrogen-bond acceptors (Lipinski definition) is 4. The molecule has 0 heterocycles. The van der Waals surface area contributed by atoms with E-state index in [0.29, 0.717) is 12.2 Å². The van der Waals surface area contributed by atoms with Crippen LogP contribution in [0.1, 0.15) is 17.0 Å². The molecule has 21 heavy (non-hydrogen) atoms. The molecule has 2 bridgehead atoms. The largest absolute Gasteiger partial charge is 0.385 e. The second-order valence-electron chi connectivity index (χ2n) is 6.41. The highest BCUT2D eigenvalue weighted by molar-refractivity contribution is 7.98. The van der Waals surface area contributed by atoms with E-state index in [9.17, 15) is 15.0 Å². The summed E-state index contributed by atoms with van der Waals surface area (Å²) in [6.07, 6.45) is 5.85. The lowest BCUT2D eigenvalue weighted by molar-refractivity contribution is -0.170. The van der Waals surface area contributed by atoms with Crippen molar-refractivity contribution >= 4 is 17.5 Å². The number of ketones is 1. The average molecular weight is 302 g/mol. The van der Waals surface area contributed by atoms with Gasteiger partial charge < -0.3 is 10.2 Å². The van der Waals surface area contributed by atoms with Gasteiger partial charge in [0.25, 0.3) is 0 Å². The monoisotopic (exact) mass is 302 g/mol. The fourth-order valence-corrected chi connectivity index (χ4v) is 5.62. The fraction of sp³-hybridized carbons (Fsp3) is 0.471. The fourth-order valence-electron chi connectivity index (χ4n) is 4.77. The first kappa shape index (κ1) is 13.6. The second kappa shape index (κ2) is 4.22. The zero-order chi connectivity index (χ0) is 14.8. The normalized spacial score (nSPS) is 43.0. The summed E-state index contributed by atoms with van der Waals surface area (Å²) in [6.45, 7) is 0. The van der Waals surface area contributed by atoms with Crippen molar-refractivity contribution in [3.63, 3.8) is 0 Å². The van der Waals surface area contributed by atoms with Crippen molar-refractivity contribution in [1.82, 2.24) is 0 Å². The van der Waals surface area contributed by atoms with Crippen LogP contribution in [0.2, 0.25) is 0 Å². The van der Waals surface area contributed by atoms with Gasteiger partial charge in [-0.15, -0.1) is 0 Å². The van der Waals surface area contributed by atoms with E-state index in [0.717, 1.165) is 0 Å². The van der Waals surface area contributed by atoms with E-state index in [1.165, 1.54) is 29.0 Å². The number of thioether (sulfide) groups is 1. The topological polar surface area (TPSA) is 57.5 Å². The Balaban J connectivity index is 1.92. The van der Waals surface area contributed by atoms with Crippen LogP contribution in [0.15, 0.2) is 36.4 Å². The van der Waals surface area contributed by atoms with E-state index >= 15 is 0 Å². The molecule has 0 saturated heterocycles. The van der Waals surface area contributed by atoms with Crippen LogP contribution >= 0.6 is 11.8 Å². The Morgan fingerprint density at radius 1 is 1.33 bits per heavy atom. The molecule has 1 aromatic carbocycles. The van der Waals surface area contributed by atoms with E-state index in [1.807, 2.05) is 24.5 Å². The number of benzene rings is 1. The lowest BCUT2D eigenvalue weighted by Crippen LogP contribution is -2.63. The van der Waals surface area contributed by atoms with Crippen LogP contribution in [0.5, 0.6) is 0 Å². The summed E-state index contributed by atoms with van der Waals surface area (Å²) >= 11 is 1.48. The summed E-state index contributed by atoms with van der Waals surface area (Å²) in [5.41, 5.74) is -0.632. The molecule has 1 aromatic rings. The van der Waals surface area contributed by atoms with Crippen LogP contribution in [-0.2, 0) is 11.2 Å². The third-order valence-electron chi connectivity index (χ3n) is 5.62. The summed E-state index contributed by atoms with van der Waals surface area (Å²) in [7, 11) is 0. The van der Waals surface area contributed by atoms with Crippen molar-refractivity contribution in [3.8, 4) is 0 Å². The Kier molecular flexibility index (Phi) is 2.72. The van der Waals surface area contributed by atoms with Crippen LogP contribution < -0.4 is 0 Å². The maximum atomic E-state index is 12.5. The molecule has 0 aliphatic heterocycles. The van der Waals surface area contributed by atoms with Crippen molar-refractivity contribution in [2.45, 2.75) is 23.5 Å². The first-order chi connectivity index (χ1) is 10.0. The third kappa shape index (κ3) is 1.41. The molecular formula is C17H18O3S. The SMILES string of the molecule is CSC[C@]1(O)[C@@H]2C=CC(=O)[C@@]1(O)[C@H]1Cc3ccccc3[C@@H]21. The average Bonchev–Trinajstić information content (AvgIpc) is 2.88. The number of carbonyl (C=O) groups is 1. The highest BCUT2D eigenvalue weighted by Gasteiger charge is 2.73. The van der Waals surface area contributed by atoms with Crippen LogP contribution in [0.4, 0.5) is 0 Å². The third-order valence-corrected chi connectivity index (χ3v) is 6.35. The number of rotatable bonds is 2. The van der Waals surface area contributed by atoms with Gasteiger partial charge in [-0.2, -0.15) is 11.8 Å². The van der Waals surface area contributed by atoms with Crippen molar-refractivity contribution in [3.05, 3.63) is 47.5 Å². The van der Waals surface area contributed by atoms with Crippen LogP contribution in [0, 0.1) is 11.8 Å². The van der Waals surface area contributed by atoms with Gasteiger partial charge in [0.1, 0.15) is 5.60 Å². The van der Waals surface area contributed by atoms with Gasteiger partial charge in [0.15, 0.2) is 11.4 Å². The van der Waals surface area contributed by atoms with Gasteiger partial charge in [-0.05, 0) is 35.8 Å². The molecule has 0 spiro atoms. The molecule has 5 atom stereocenters. The van der Waals surface area contributed by atoms with E-state index in [1.54, 1.807) is 0 Å². The van der Waals surface area contributed by atoms with E-state index < -0.39 is 11.2 Å². The first-order valence-corrected chi connectivity index (χ1v) is 8.67. The summed E-state index contributed by atoms with van der Waals surface area (Å²) in [5.74, 6) is -0.345. The molecule has 0 aromatic heterocycles. The van der Waals surface area contributed by atoms with Gasteiger partial charge in [0.2, 0.25) is 0 Å². The maximum Gasteiger partial charge on any atom is 0.190 e. The second-order valence-corrected chi connectivity index (χ2v) is 7.27. The minimum atomic E-state index is -1.65. The zero-order valence-electron chi connectivity index (χ0n) is 11.8. The number of aliphatic hydroxyl groups is 2. The van der Waals surface area contributed by atoms with Crippen LogP contribution in [0.3, 0.4) is 0 Å². The summed E-state index contributed by atoms with van der Waals surface area (Å²) in [4.78, 5) is 12.5. The van der Waals surface area contributed by atoms with Crippen LogP contribution in [-0.4, -0.2) is 39.2 Å². The molecule has 1 fully saturated rings. The van der Waals surface area contributed by atoms with E-state index in [-0.39, 0.29) is 23.5 Å². The molecule has 0 radical (unpaired) electrons. The van der Waals surface area contributed by atoms with Crippen molar-refractivity contribution in [2.75, 3.05) is 12.0 Å². The molecule has 0 amide bonds. The van der Waals surface area contributed by atoms with Gasteiger partial charge >= 0.3 is 0 Å². The molecule has 0 unspecified atom stereocenters. The summed E-state index contributed by atoms with van der Waals surface area (Å²) < 4.78 is 0. The Morgan fingerprint density at radius 2 is 2.10 bits per heavy atom. The number of carbonyl (C=O) groups excluding carboxylic acids is 1. The Labute approximate surface area is 128 Å². The van der Waals surface area contributed by atoms with Crippen molar-refractivity contribution in [2.24, 2.45) is 11.8 Å². The standard InChI is InChI=1S/C17H18O3S/c1-21-9-16(19)12-6-7-14(18)17(16,20)13-8-10-4-2-3-5-11(10)15(12)13/h2-7,12-13,15,19-20H,8-9H2,1H3/t12-,13+,15+,16+,17+/m1/s1. The molecule has 4 rings (SSSR count). The molecular weight excluding hydrogens is 284 g/mol. The number of hydrogen-bond donors (Lipinski definition) is 2. The number of fused-ring (bicyclic) bond motifs is 7. The Bertz CT molecular complexity index is 655. The predicted molar refractivity (Wildman–Crippen MR) is 82.3 cm³/mol. The molecule has 4 heteroatoms. The van der Waals surface area contributed by atoms with E-state index in [2.05, 4.69) is 12.1 Å². The molecule has 2 N–H and O–H groups in total. The predicted octanol–water partition coefficient (Wildman–Crippen LogP) is 1.54. The van der Waals surface area contributed by atoms with Crippen molar-refractivity contribution < 1.29 is 15.0 Å². The molecule has 3 aliphatic rings. The molecule has 3 nitrogen and oxygen atoms in total. The zero-order valence-corrected chi connectivity index (χ0v) is 12.6. The summed E-state index contributed by atoms with van der Waals surface area (Å²) in [5, 5.41) is 22.4. The quantitative estimate of drug-likeness (QED) is 0.870. The van der Waals surface area contributed by atoms with Gasteiger partial charge in [0, 0.05) is 17.6 Å². The molecule has 110 valence electrons. The van der Waals surface area contributed by atoms with Gasteiger partial charge in [0.05, 0.1) is 0 Å².